The van der Waals surface area contributed by atoms with E-state index in [0.717, 1.165) is 5.56 Å². The minimum Gasteiger partial charge on any atom is -0.370 e. The summed E-state index contributed by atoms with van der Waals surface area (Å²) in [6, 6.07) is 6.42. The van der Waals surface area contributed by atoms with Crippen LogP contribution >= 0.6 is 0 Å². The van der Waals surface area contributed by atoms with E-state index in [9.17, 15) is 8.42 Å². The van der Waals surface area contributed by atoms with Gasteiger partial charge < -0.3 is 4.18 Å². The second-order valence-corrected chi connectivity index (χ2v) is 3.43. The Labute approximate surface area is 71.2 Å². The maximum absolute atomic E-state index is 10.3. The Hall–Kier alpha value is -1.07. The zero-order valence-corrected chi connectivity index (χ0v) is 7.26. The van der Waals surface area contributed by atoms with Crippen molar-refractivity contribution in [2.45, 2.75) is 6.92 Å². The van der Waals surface area contributed by atoms with E-state index in [1.165, 1.54) is 12.1 Å². The highest BCUT2D eigenvalue weighted by Gasteiger charge is 2.04. The first kappa shape index (κ1) is 9.02. The molecule has 0 aliphatic rings. The number of nitrogens with one attached hydrogen (secondary N) is 1. The summed E-state index contributed by atoms with van der Waals surface area (Å²) >= 11 is 0. The second kappa shape index (κ2) is 3.12. The molecule has 65 valence electrons. The van der Waals surface area contributed by atoms with E-state index in [-0.39, 0.29) is 5.75 Å². The Kier molecular flexibility index (Phi) is 2.35. The molecule has 0 amide bonds. The van der Waals surface area contributed by atoms with Crippen molar-refractivity contribution in [3.63, 3.8) is 0 Å². The molecule has 0 spiro atoms. The fourth-order valence-corrected chi connectivity index (χ4v) is 1.08. The van der Waals surface area contributed by atoms with Crippen LogP contribution in [0.4, 0.5) is 0 Å². The third kappa shape index (κ3) is 2.89. The summed E-state index contributed by atoms with van der Waals surface area (Å²) in [5, 5.41) is 6.47. The first-order valence-corrected chi connectivity index (χ1v) is 4.64. The highest BCUT2D eigenvalue weighted by atomic mass is 32.2. The molecule has 4 nitrogen and oxygen atoms in total. The molecule has 5 heteroatoms. The molecule has 0 unspecified atom stereocenters. The van der Waals surface area contributed by atoms with E-state index in [4.69, 9.17) is 5.14 Å². The Morgan fingerprint density at radius 2 is 1.75 bits per heavy atom. The van der Waals surface area contributed by atoms with Gasteiger partial charge in [0, 0.05) is 0 Å². The zero-order chi connectivity index (χ0) is 9.19. The molecule has 0 atom stereocenters. The summed E-state index contributed by atoms with van der Waals surface area (Å²) in [6.45, 7) is 1.87. The summed E-state index contributed by atoms with van der Waals surface area (Å²) in [7, 11) is -4.14. The lowest BCUT2D eigenvalue weighted by atomic mass is 10.2. The van der Waals surface area contributed by atoms with Gasteiger partial charge in [-0.2, -0.15) is 8.42 Å². The minimum atomic E-state index is -4.14. The maximum Gasteiger partial charge on any atom is 0.396 e. The summed E-state index contributed by atoms with van der Waals surface area (Å²) in [5.41, 5.74) is 1.00. The van der Waals surface area contributed by atoms with Crippen molar-refractivity contribution in [1.29, 1.82) is 0 Å². The van der Waals surface area contributed by atoms with E-state index in [0.29, 0.717) is 0 Å². The summed E-state index contributed by atoms with van der Waals surface area (Å²) in [6.07, 6.45) is 0. The molecule has 0 aliphatic carbocycles. The number of benzene rings is 1. The van der Waals surface area contributed by atoms with Crippen molar-refractivity contribution in [1.82, 2.24) is 5.14 Å². The third-order valence-electron chi connectivity index (χ3n) is 1.23. The van der Waals surface area contributed by atoms with Crippen LogP contribution in [-0.2, 0) is 10.3 Å². The first-order valence-electron chi connectivity index (χ1n) is 3.23. The van der Waals surface area contributed by atoms with Gasteiger partial charge in [-0.05, 0) is 19.1 Å². The molecule has 1 aromatic carbocycles. The van der Waals surface area contributed by atoms with Gasteiger partial charge in [-0.1, -0.05) is 17.7 Å². The quantitative estimate of drug-likeness (QED) is 0.689. The van der Waals surface area contributed by atoms with E-state index in [2.05, 4.69) is 4.18 Å². The SMILES string of the molecule is Cc1ccc(OS([NH])(=O)=O)cc1. The molecule has 1 radical (unpaired) electrons. The predicted molar refractivity (Wildman–Crippen MR) is 43.8 cm³/mol. The Balaban J connectivity index is 2.85. The van der Waals surface area contributed by atoms with Crippen LogP contribution in [-0.4, -0.2) is 8.42 Å². The average Bonchev–Trinajstić information content (AvgIpc) is 1.91. The van der Waals surface area contributed by atoms with Gasteiger partial charge in [0.05, 0.1) is 0 Å². The van der Waals surface area contributed by atoms with Crippen LogP contribution in [0.3, 0.4) is 0 Å². The highest BCUT2D eigenvalue weighted by molar-refractivity contribution is 7.84. The van der Waals surface area contributed by atoms with Crippen molar-refractivity contribution in [2.24, 2.45) is 0 Å². The summed E-state index contributed by atoms with van der Waals surface area (Å²) < 4.78 is 25.0. The molecule has 1 aromatic rings. The van der Waals surface area contributed by atoms with Crippen molar-refractivity contribution in [2.75, 3.05) is 0 Å². The van der Waals surface area contributed by atoms with Gasteiger partial charge in [0.2, 0.25) is 0 Å². The van der Waals surface area contributed by atoms with Crippen LogP contribution in [0.15, 0.2) is 24.3 Å². The molecule has 0 aliphatic heterocycles. The lowest BCUT2D eigenvalue weighted by molar-refractivity contribution is 0.486. The average molecular weight is 186 g/mol. The van der Waals surface area contributed by atoms with Crippen molar-refractivity contribution in [3.05, 3.63) is 29.8 Å². The van der Waals surface area contributed by atoms with Gasteiger partial charge in [0.25, 0.3) is 0 Å². The highest BCUT2D eigenvalue weighted by Crippen LogP contribution is 2.12. The van der Waals surface area contributed by atoms with Gasteiger partial charge in [-0.3, -0.25) is 0 Å². The fraction of sp³-hybridized carbons (Fsp3) is 0.143. The second-order valence-electron chi connectivity index (χ2n) is 2.35. The molecular weight excluding hydrogens is 178 g/mol. The van der Waals surface area contributed by atoms with E-state index >= 15 is 0 Å². The van der Waals surface area contributed by atoms with Gasteiger partial charge in [-0.15, -0.1) is 5.14 Å². The molecule has 0 bridgehead atoms. The monoisotopic (exact) mass is 186 g/mol. The topological polar surface area (TPSA) is 67.2 Å². The lowest BCUT2D eigenvalue weighted by Gasteiger charge is -2.00. The smallest absolute Gasteiger partial charge is 0.370 e. The number of hydrogen-bond donors (Lipinski definition) is 0. The van der Waals surface area contributed by atoms with E-state index in [1.54, 1.807) is 12.1 Å². The van der Waals surface area contributed by atoms with Gasteiger partial charge in [0.1, 0.15) is 5.75 Å². The Morgan fingerprint density at radius 1 is 1.25 bits per heavy atom. The van der Waals surface area contributed by atoms with Gasteiger partial charge in [0.15, 0.2) is 0 Å². The minimum absolute atomic E-state index is 0.163. The molecule has 0 aromatic heterocycles. The third-order valence-corrected chi connectivity index (χ3v) is 1.64. The van der Waals surface area contributed by atoms with Crippen LogP contribution in [0.1, 0.15) is 5.56 Å². The molecule has 1 N–H and O–H groups in total. The number of aryl methyl sites for hydroxylation is 1. The van der Waals surface area contributed by atoms with E-state index in [1.807, 2.05) is 6.92 Å². The van der Waals surface area contributed by atoms with Crippen molar-refractivity contribution < 1.29 is 12.6 Å². The molecular formula is C7H8NO3S. The van der Waals surface area contributed by atoms with Gasteiger partial charge >= 0.3 is 10.3 Å². The predicted octanol–water partition coefficient (Wildman–Crippen LogP) is 0.902. The molecule has 1 rings (SSSR count). The molecule has 0 saturated carbocycles. The van der Waals surface area contributed by atoms with Crippen LogP contribution < -0.4 is 9.32 Å². The zero-order valence-electron chi connectivity index (χ0n) is 6.44. The van der Waals surface area contributed by atoms with Crippen molar-refractivity contribution >= 4 is 10.3 Å². The van der Waals surface area contributed by atoms with Crippen LogP contribution in [0.25, 0.3) is 0 Å². The lowest BCUT2D eigenvalue weighted by Crippen LogP contribution is -2.08. The maximum atomic E-state index is 10.3. The van der Waals surface area contributed by atoms with Crippen molar-refractivity contribution in [3.8, 4) is 5.75 Å². The van der Waals surface area contributed by atoms with Crippen LogP contribution in [0.2, 0.25) is 0 Å². The molecule has 0 heterocycles. The number of rotatable bonds is 2. The first-order chi connectivity index (χ1) is 5.47. The fourth-order valence-electron chi connectivity index (χ4n) is 0.721. The summed E-state index contributed by atoms with van der Waals surface area (Å²) in [5.74, 6) is 0.163. The largest absolute Gasteiger partial charge is 0.396 e. The Bertz CT molecular complexity index is 355. The van der Waals surface area contributed by atoms with Crippen LogP contribution in [0.5, 0.6) is 5.75 Å². The van der Waals surface area contributed by atoms with E-state index < -0.39 is 10.3 Å². The molecule has 0 saturated heterocycles. The summed E-state index contributed by atoms with van der Waals surface area (Å²) in [4.78, 5) is 0. The standard InChI is InChI=1S/C7H8NO3S/c1-6-2-4-7(5-3-6)11-12(8,9)10/h2-5,8H,1H3. The van der Waals surface area contributed by atoms with Gasteiger partial charge in [-0.25, -0.2) is 0 Å². The molecule has 0 fully saturated rings. The molecule has 12 heavy (non-hydrogen) atoms. The Morgan fingerprint density at radius 3 is 2.17 bits per heavy atom. The van der Waals surface area contributed by atoms with Crippen LogP contribution in [0, 0.1) is 6.92 Å². The number of hydrogen-bond acceptors (Lipinski definition) is 3. The normalized spacial score (nSPS) is 11.2.